The monoisotopic (exact) mass is 413 g/mol. The molecule has 0 bridgehead atoms. The molecule has 5 nitrogen and oxygen atoms in total. The standard InChI is InChI=1S/C23H28ClN3O2/c1-2-26-9-11-27(12-10-26)16-18-5-3-17(4-6-18)15-25-23(28)22-14-19-13-20(24)7-8-21(19)29-22/h3-8,13,22H,2,9-12,14-16H2,1H3,(H,25,28)/t22-/m1/s1. The lowest BCUT2D eigenvalue weighted by molar-refractivity contribution is -0.127. The zero-order chi connectivity index (χ0) is 20.2. The van der Waals surface area contributed by atoms with E-state index >= 15 is 0 Å². The second kappa shape index (κ2) is 9.16. The third-order valence-electron chi connectivity index (χ3n) is 5.80. The number of hydrogen-bond acceptors (Lipinski definition) is 4. The highest BCUT2D eigenvalue weighted by atomic mass is 35.5. The normalized spacial score (nSPS) is 19.6. The van der Waals surface area contributed by atoms with Crippen molar-refractivity contribution in [2.24, 2.45) is 0 Å². The lowest BCUT2D eigenvalue weighted by Crippen LogP contribution is -2.45. The van der Waals surface area contributed by atoms with Crippen LogP contribution >= 0.6 is 11.6 Å². The Morgan fingerprint density at radius 3 is 2.48 bits per heavy atom. The van der Waals surface area contributed by atoms with E-state index in [0.29, 0.717) is 18.0 Å². The van der Waals surface area contributed by atoms with E-state index in [2.05, 4.69) is 46.3 Å². The van der Waals surface area contributed by atoms with E-state index in [0.717, 1.165) is 56.1 Å². The predicted molar refractivity (Wildman–Crippen MR) is 115 cm³/mol. The summed E-state index contributed by atoms with van der Waals surface area (Å²) in [6.07, 6.45) is 0.0795. The van der Waals surface area contributed by atoms with E-state index < -0.39 is 6.10 Å². The first kappa shape index (κ1) is 20.2. The third kappa shape index (κ3) is 5.10. The number of rotatable bonds is 6. The first-order chi connectivity index (χ1) is 14.1. The molecule has 0 aliphatic carbocycles. The minimum Gasteiger partial charge on any atom is -0.480 e. The number of likely N-dealkylation sites (N-methyl/N-ethyl adjacent to an activating group) is 1. The Balaban J connectivity index is 1.24. The Morgan fingerprint density at radius 1 is 1.07 bits per heavy atom. The Morgan fingerprint density at radius 2 is 1.76 bits per heavy atom. The topological polar surface area (TPSA) is 44.8 Å². The van der Waals surface area contributed by atoms with E-state index in [-0.39, 0.29) is 5.91 Å². The molecule has 1 atom stereocenters. The summed E-state index contributed by atoms with van der Waals surface area (Å²) in [5, 5.41) is 3.66. The number of amides is 1. The lowest BCUT2D eigenvalue weighted by atomic mass is 10.1. The minimum absolute atomic E-state index is 0.0878. The molecule has 2 aromatic carbocycles. The molecule has 0 aromatic heterocycles. The average Bonchev–Trinajstić information content (AvgIpc) is 3.17. The van der Waals surface area contributed by atoms with Crippen molar-refractivity contribution in [1.82, 2.24) is 15.1 Å². The Hall–Kier alpha value is -2.08. The van der Waals surface area contributed by atoms with Gasteiger partial charge in [-0.3, -0.25) is 9.69 Å². The summed E-state index contributed by atoms with van der Waals surface area (Å²) in [5.41, 5.74) is 3.40. The maximum absolute atomic E-state index is 12.5. The molecule has 1 fully saturated rings. The van der Waals surface area contributed by atoms with Gasteiger partial charge in [0.05, 0.1) is 0 Å². The molecule has 29 heavy (non-hydrogen) atoms. The van der Waals surface area contributed by atoms with Crippen LogP contribution in [0.5, 0.6) is 5.75 Å². The van der Waals surface area contributed by atoms with Gasteiger partial charge in [0.25, 0.3) is 5.91 Å². The molecule has 154 valence electrons. The van der Waals surface area contributed by atoms with Gasteiger partial charge in [-0.15, -0.1) is 0 Å². The van der Waals surface area contributed by atoms with Crippen LogP contribution in [-0.4, -0.2) is 54.5 Å². The van der Waals surface area contributed by atoms with Gasteiger partial charge in [-0.2, -0.15) is 0 Å². The van der Waals surface area contributed by atoms with Crippen LogP contribution in [0.25, 0.3) is 0 Å². The van der Waals surface area contributed by atoms with E-state index in [1.807, 2.05) is 12.1 Å². The van der Waals surface area contributed by atoms with Crippen molar-refractivity contribution in [3.8, 4) is 5.75 Å². The lowest BCUT2D eigenvalue weighted by Gasteiger charge is -2.34. The van der Waals surface area contributed by atoms with Crippen molar-refractivity contribution in [1.29, 1.82) is 0 Å². The molecule has 2 heterocycles. The zero-order valence-electron chi connectivity index (χ0n) is 16.9. The van der Waals surface area contributed by atoms with Crippen LogP contribution in [0.4, 0.5) is 0 Å². The van der Waals surface area contributed by atoms with Gasteiger partial charge in [-0.05, 0) is 41.4 Å². The molecule has 4 rings (SSSR count). The van der Waals surface area contributed by atoms with Crippen LogP contribution in [0.2, 0.25) is 5.02 Å². The molecule has 0 unspecified atom stereocenters. The van der Waals surface area contributed by atoms with Crippen molar-refractivity contribution in [2.75, 3.05) is 32.7 Å². The molecule has 2 aliphatic heterocycles. The predicted octanol–water partition coefficient (Wildman–Crippen LogP) is 3.10. The number of carbonyl (C=O) groups excluding carboxylic acids is 1. The van der Waals surface area contributed by atoms with Crippen LogP contribution in [-0.2, 0) is 24.3 Å². The van der Waals surface area contributed by atoms with Crippen LogP contribution in [0, 0.1) is 0 Å². The van der Waals surface area contributed by atoms with Gasteiger partial charge in [0, 0.05) is 50.7 Å². The van der Waals surface area contributed by atoms with Crippen LogP contribution in [0.1, 0.15) is 23.6 Å². The fourth-order valence-electron chi connectivity index (χ4n) is 3.95. The molecular formula is C23H28ClN3O2. The van der Waals surface area contributed by atoms with Crippen LogP contribution in [0.3, 0.4) is 0 Å². The fourth-order valence-corrected chi connectivity index (χ4v) is 4.15. The SMILES string of the molecule is CCN1CCN(Cc2ccc(CNC(=O)[C@H]3Cc4cc(Cl)ccc4O3)cc2)CC1. The highest BCUT2D eigenvalue weighted by Crippen LogP contribution is 2.31. The highest BCUT2D eigenvalue weighted by molar-refractivity contribution is 6.30. The number of halogens is 1. The molecule has 0 spiro atoms. The Kier molecular flexibility index (Phi) is 6.38. The molecular weight excluding hydrogens is 386 g/mol. The molecule has 0 saturated carbocycles. The smallest absolute Gasteiger partial charge is 0.261 e. The minimum atomic E-state index is -0.482. The summed E-state index contributed by atoms with van der Waals surface area (Å²) < 4.78 is 5.75. The Bertz CT molecular complexity index is 848. The zero-order valence-corrected chi connectivity index (χ0v) is 17.6. The Labute approximate surface area is 177 Å². The summed E-state index contributed by atoms with van der Waals surface area (Å²) >= 11 is 6.02. The maximum Gasteiger partial charge on any atom is 0.261 e. The van der Waals surface area contributed by atoms with E-state index in [9.17, 15) is 4.79 Å². The van der Waals surface area contributed by atoms with E-state index in [1.165, 1.54) is 5.56 Å². The number of nitrogens with one attached hydrogen (secondary N) is 1. The largest absolute Gasteiger partial charge is 0.480 e. The number of carbonyl (C=O) groups is 1. The van der Waals surface area contributed by atoms with Gasteiger partial charge in [-0.1, -0.05) is 42.8 Å². The molecule has 1 saturated heterocycles. The maximum atomic E-state index is 12.5. The summed E-state index contributed by atoms with van der Waals surface area (Å²) in [4.78, 5) is 17.5. The number of piperazine rings is 1. The molecule has 2 aromatic rings. The number of hydrogen-bond donors (Lipinski definition) is 1. The van der Waals surface area contributed by atoms with Crippen LogP contribution < -0.4 is 10.1 Å². The molecule has 1 amide bonds. The summed E-state index contributed by atoms with van der Waals surface area (Å²) in [5.74, 6) is 0.661. The summed E-state index contributed by atoms with van der Waals surface area (Å²) in [6.45, 7) is 9.41. The molecule has 1 N–H and O–H groups in total. The second-order valence-corrected chi connectivity index (χ2v) is 8.24. The quantitative estimate of drug-likeness (QED) is 0.790. The first-order valence-corrected chi connectivity index (χ1v) is 10.7. The van der Waals surface area contributed by atoms with Crippen molar-refractivity contribution in [3.63, 3.8) is 0 Å². The molecule has 0 radical (unpaired) electrons. The van der Waals surface area contributed by atoms with Gasteiger partial charge in [0.15, 0.2) is 6.10 Å². The van der Waals surface area contributed by atoms with Gasteiger partial charge >= 0.3 is 0 Å². The average molecular weight is 414 g/mol. The van der Waals surface area contributed by atoms with Crippen LogP contribution in [0.15, 0.2) is 42.5 Å². The van der Waals surface area contributed by atoms with E-state index in [1.54, 1.807) is 6.07 Å². The van der Waals surface area contributed by atoms with Crippen molar-refractivity contribution >= 4 is 17.5 Å². The number of ether oxygens (including phenoxy) is 1. The highest BCUT2D eigenvalue weighted by Gasteiger charge is 2.29. The number of benzene rings is 2. The van der Waals surface area contributed by atoms with Gasteiger partial charge in [0.1, 0.15) is 5.75 Å². The third-order valence-corrected chi connectivity index (χ3v) is 6.03. The van der Waals surface area contributed by atoms with Crippen molar-refractivity contribution in [2.45, 2.75) is 32.5 Å². The van der Waals surface area contributed by atoms with Gasteiger partial charge in [0.2, 0.25) is 0 Å². The molecule has 6 heteroatoms. The number of nitrogens with zero attached hydrogens (tertiary/aromatic N) is 2. The van der Waals surface area contributed by atoms with Crippen molar-refractivity contribution < 1.29 is 9.53 Å². The fraction of sp³-hybridized carbons (Fsp3) is 0.435. The van der Waals surface area contributed by atoms with Gasteiger partial charge in [-0.25, -0.2) is 0 Å². The summed E-state index contributed by atoms with van der Waals surface area (Å²) in [6, 6.07) is 14.0. The van der Waals surface area contributed by atoms with Crippen molar-refractivity contribution in [3.05, 3.63) is 64.2 Å². The van der Waals surface area contributed by atoms with Gasteiger partial charge < -0.3 is 15.0 Å². The number of fused-ring (bicyclic) bond motifs is 1. The summed E-state index contributed by atoms with van der Waals surface area (Å²) in [7, 11) is 0. The first-order valence-electron chi connectivity index (χ1n) is 10.4. The van der Waals surface area contributed by atoms with E-state index in [4.69, 9.17) is 16.3 Å². The molecule has 2 aliphatic rings. The second-order valence-electron chi connectivity index (χ2n) is 7.81.